The Morgan fingerprint density at radius 2 is 1.90 bits per heavy atom. The van der Waals surface area contributed by atoms with Gasteiger partial charge in [-0.1, -0.05) is 24.3 Å². The number of halogens is 2. The summed E-state index contributed by atoms with van der Waals surface area (Å²) >= 11 is 0. The van der Waals surface area contributed by atoms with Gasteiger partial charge in [0.1, 0.15) is 11.6 Å². The van der Waals surface area contributed by atoms with Gasteiger partial charge in [-0.15, -0.1) is 0 Å². The van der Waals surface area contributed by atoms with Crippen LogP contribution in [-0.2, 0) is 13.0 Å². The molecule has 2 heterocycles. The Bertz CT molecular complexity index is 964. The van der Waals surface area contributed by atoms with Crippen molar-refractivity contribution in [3.63, 3.8) is 0 Å². The number of benzene rings is 2. The zero-order chi connectivity index (χ0) is 20.4. The van der Waals surface area contributed by atoms with Crippen molar-refractivity contribution in [1.82, 2.24) is 14.9 Å². The fourth-order valence-corrected chi connectivity index (χ4v) is 4.34. The topological polar surface area (TPSA) is 33.1 Å². The molecule has 0 amide bonds. The summed E-state index contributed by atoms with van der Waals surface area (Å²) in [5.74, 6) is -0.123. The second-order valence-electron chi connectivity index (χ2n) is 7.52. The van der Waals surface area contributed by atoms with Crippen LogP contribution in [0.3, 0.4) is 0 Å². The lowest BCUT2D eigenvalue weighted by Crippen LogP contribution is -2.43. The van der Waals surface area contributed by atoms with Crippen LogP contribution in [0.5, 0.6) is 0 Å². The maximum Gasteiger partial charge on any atom is 0.205 e. The van der Waals surface area contributed by atoms with E-state index in [2.05, 4.69) is 32.8 Å². The second-order valence-corrected chi connectivity index (χ2v) is 7.52. The Balaban J connectivity index is 1.63. The van der Waals surface area contributed by atoms with Gasteiger partial charge in [-0.3, -0.25) is 0 Å². The number of hydrogen-bond acceptors (Lipinski definition) is 3. The Kier molecular flexibility index (Phi) is 5.62. The lowest BCUT2D eigenvalue weighted by atomic mass is 9.96. The summed E-state index contributed by atoms with van der Waals surface area (Å²) < 4.78 is 29.5. The van der Waals surface area contributed by atoms with Crippen molar-refractivity contribution < 1.29 is 8.78 Å². The average molecular weight is 396 g/mol. The van der Waals surface area contributed by atoms with Gasteiger partial charge < -0.3 is 14.8 Å². The number of rotatable bonds is 6. The smallest absolute Gasteiger partial charge is 0.205 e. The van der Waals surface area contributed by atoms with E-state index in [1.165, 1.54) is 12.1 Å². The highest BCUT2D eigenvalue weighted by Crippen LogP contribution is 2.29. The molecule has 1 fully saturated rings. The third-order valence-corrected chi connectivity index (χ3v) is 5.78. The van der Waals surface area contributed by atoms with E-state index in [-0.39, 0.29) is 6.04 Å². The van der Waals surface area contributed by atoms with Crippen LogP contribution >= 0.6 is 0 Å². The summed E-state index contributed by atoms with van der Waals surface area (Å²) in [6.45, 7) is 3.94. The number of nitrogens with zero attached hydrogens (tertiary/aromatic N) is 3. The normalized spacial score (nSPS) is 19.1. The van der Waals surface area contributed by atoms with Crippen LogP contribution in [0.2, 0.25) is 0 Å². The molecule has 1 aliphatic rings. The van der Waals surface area contributed by atoms with Crippen molar-refractivity contribution in [2.75, 3.05) is 18.5 Å². The molecule has 0 radical (unpaired) electrons. The largest absolute Gasteiger partial charge is 0.337 e. The summed E-state index contributed by atoms with van der Waals surface area (Å²) in [5, 5.41) is 3.45. The number of aryl methyl sites for hydroxylation is 1. The molecule has 152 valence electrons. The van der Waals surface area contributed by atoms with E-state index >= 15 is 0 Å². The van der Waals surface area contributed by atoms with Crippen molar-refractivity contribution in [2.45, 2.75) is 38.4 Å². The van der Waals surface area contributed by atoms with Crippen LogP contribution in [0.1, 0.15) is 18.9 Å². The van der Waals surface area contributed by atoms with E-state index in [4.69, 9.17) is 0 Å². The first-order valence-electron chi connectivity index (χ1n) is 10.1. The minimum Gasteiger partial charge on any atom is -0.337 e. The first kappa shape index (κ1) is 19.6. The lowest BCUT2D eigenvalue weighted by Gasteiger charge is -2.29. The van der Waals surface area contributed by atoms with Gasteiger partial charge in [0.05, 0.1) is 6.04 Å². The molecule has 4 rings (SSSR count). The van der Waals surface area contributed by atoms with Gasteiger partial charge in [0.15, 0.2) is 0 Å². The molecule has 1 aromatic heterocycles. The molecule has 1 saturated heterocycles. The number of nitrogens with one attached hydrogen (secondary N) is 1. The van der Waals surface area contributed by atoms with E-state index in [0.717, 1.165) is 49.1 Å². The van der Waals surface area contributed by atoms with Crippen LogP contribution < -0.4 is 10.2 Å². The highest BCUT2D eigenvalue weighted by Gasteiger charge is 2.35. The molecule has 1 N–H and O–H groups in total. The fourth-order valence-electron chi connectivity index (χ4n) is 4.34. The Hall–Kier alpha value is -2.73. The quantitative estimate of drug-likeness (QED) is 0.676. The molecule has 29 heavy (non-hydrogen) atoms. The van der Waals surface area contributed by atoms with Crippen LogP contribution in [0.4, 0.5) is 14.7 Å². The molecular weight excluding hydrogens is 370 g/mol. The molecule has 3 aromatic rings. The van der Waals surface area contributed by atoms with Crippen LogP contribution in [0.15, 0.2) is 54.9 Å². The predicted octanol–water partition coefficient (Wildman–Crippen LogP) is 4.26. The van der Waals surface area contributed by atoms with E-state index in [1.54, 1.807) is 0 Å². The van der Waals surface area contributed by atoms with Crippen molar-refractivity contribution in [1.29, 1.82) is 0 Å². The fraction of sp³-hybridized carbons (Fsp3) is 0.348. The van der Waals surface area contributed by atoms with Crippen LogP contribution in [-0.4, -0.2) is 35.2 Å². The minimum atomic E-state index is -0.561. The molecular formula is C23H26F2N4. The zero-order valence-corrected chi connectivity index (χ0v) is 16.8. The molecule has 1 aliphatic heterocycles. The van der Waals surface area contributed by atoms with Gasteiger partial charge in [0.25, 0.3) is 0 Å². The standard InChI is InChI=1S/C23H26F2N4/c1-3-28-10-8-27-23(28)29-9-7-21(26-2)22(29)12-16-5-4-6-17(11-16)18-13-19(24)15-20(25)14-18/h4-6,8,10-11,13-15,21-22,26H,3,7,9,12H2,1-2H3. The van der Waals surface area contributed by atoms with Crippen molar-refractivity contribution in [3.05, 3.63) is 72.1 Å². The highest BCUT2D eigenvalue weighted by atomic mass is 19.1. The maximum absolute atomic E-state index is 13.7. The average Bonchev–Trinajstić information content (AvgIpc) is 3.33. The van der Waals surface area contributed by atoms with Crippen molar-refractivity contribution >= 4 is 5.95 Å². The summed E-state index contributed by atoms with van der Waals surface area (Å²) in [6.07, 6.45) is 5.74. The monoisotopic (exact) mass is 396 g/mol. The van der Waals surface area contributed by atoms with E-state index < -0.39 is 11.6 Å². The van der Waals surface area contributed by atoms with E-state index in [0.29, 0.717) is 11.6 Å². The summed E-state index contributed by atoms with van der Waals surface area (Å²) in [5.41, 5.74) is 2.51. The van der Waals surface area contributed by atoms with Gasteiger partial charge in [0, 0.05) is 37.6 Å². The Morgan fingerprint density at radius 1 is 1.10 bits per heavy atom. The number of likely N-dealkylation sites (N-methyl/N-ethyl adjacent to an activating group) is 1. The second kappa shape index (κ2) is 8.33. The van der Waals surface area contributed by atoms with Gasteiger partial charge in [0.2, 0.25) is 5.95 Å². The van der Waals surface area contributed by atoms with Gasteiger partial charge in [-0.2, -0.15) is 0 Å². The van der Waals surface area contributed by atoms with E-state index in [9.17, 15) is 8.78 Å². The molecule has 2 aromatic carbocycles. The van der Waals surface area contributed by atoms with Crippen molar-refractivity contribution in [3.8, 4) is 11.1 Å². The predicted molar refractivity (Wildman–Crippen MR) is 112 cm³/mol. The zero-order valence-electron chi connectivity index (χ0n) is 16.8. The molecule has 0 spiro atoms. The summed E-state index contributed by atoms with van der Waals surface area (Å²) in [4.78, 5) is 6.97. The Labute approximate surface area is 170 Å². The molecule has 6 heteroatoms. The summed E-state index contributed by atoms with van der Waals surface area (Å²) in [6, 6.07) is 12.2. The van der Waals surface area contributed by atoms with Crippen LogP contribution in [0.25, 0.3) is 11.1 Å². The molecule has 4 nitrogen and oxygen atoms in total. The maximum atomic E-state index is 13.7. The molecule has 0 aliphatic carbocycles. The van der Waals surface area contributed by atoms with Gasteiger partial charge in [-0.25, -0.2) is 13.8 Å². The van der Waals surface area contributed by atoms with Crippen molar-refractivity contribution in [2.24, 2.45) is 0 Å². The third kappa shape index (κ3) is 4.03. The Morgan fingerprint density at radius 3 is 2.62 bits per heavy atom. The van der Waals surface area contributed by atoms with Gasteiger partial charge >= 0.3 is 0 Å². The third-order valence-electron chi connectivity index (χ3n) is 5.78. The first-order chi connectivity index (χ1) is 14.1. The lowest BCUT2D eigenvalue weighted by molar-refractivity contribution is 0.497. The van der Waals surface area contributed by atoms with Gasteiger partial charge in [-0.05, 0) is 55.6 Å². The number of aromatic nitrogens is 2. The molecule has 0 bridgehead atoms. The number of imidazole rings is 1. The molecule has 0 saturated carbocycles. The number of anilines is 1. The minimum absolute atomic E-state index is 0.257. The molecule has 2 atom stereocenters. The SMILES string of the molecule is CCn1ccnc1N1CCC(NC)C1Cc1cccc(-c2cc(F)cc(F)c2)c1. The first-order valence-corrected chi connectivity index (χ1v) is 10.1. The van der Waals surface area contributed by atoms with Crippen LogP contribution in [0, 0.1) is 11.6 Å². The summed E-state index contributed by atoms with van der Waals surface area (Å²) in [7, 11) is 2.00. The van der Waals surface area contributed by atoms with E-state index in [1.807, 2.05) is 37.6 Å². The molecule has 2 unspecified atom stereocenters. The highest BCUT2D eigenvalue weighted by molar-refractivity contribution is 5.64. The number of hydrogen-bond donors (Lipinski definition) is 1.